The lowest BCUT2D eigenvalue weighted by Crippen LogP contribution is -2.42. The molecule has 0 heterocycles. The van der Waals surface area contributed by atoms with E-state index in [0.717, 1.165) is 25.0 Å². The lowest BCUT2D eigenvalue weighted by Gasteiger charge is -2.16. The van der Waals surface area contributed by atoms with Crippen molar-refractivity contribution in [1.82, 2.24) is 10.6 Å². The Kier molecular flexibility index (Phi) is 6.51. The van der Waals surface area contributed by atoms with E-state index >= 15 is 0 Å². The first kappa shape index (κ1) is 17.1. The fraction of sp³-hybridized carbons (Fsp3) is 0.562. The lowest BCUT2D eigenvalue weighted by atomic mass is 10.1. The second kappa shape index (κ2) is 8.39. The van der Waals surface area contributed by atoms with Crippen molar-refractivity contribution in [2.45, 2.75) is 43.6 Å². The second-order valence-corrected chi connectivity index (χ2v) is 7.09. The van der Waals surface area contributed by atoms with Crippen LogP contribution in [-0.4, -0.2) is 34.7 Å². The number of aliphatic hydroxyl groups is 1. The predicted molar refractivity (Wildman–Crippen MR) is 87.5 cm³/mol. The molecule has 4 nitrogen and oxygen atoms in total. The van der Waals surface area contributed by atoms with Crippen LogP contribution < -0.4 is 10.6 Å². The monoisotopic (exact) mass is 326 g/mol. The number of thioether (sulfide) groups is 1. The number of hydrogen-bond acceptors (Lipinski definition) is 3. The van der Waals surface area contributed by atoms with Gasteiger partial charge in [-0.15, -0.1) is 0 Å². The standard InChI is InChI=1S/C16H23FN2O2S/c1-2-22-14-8-7-13(9-14)19-16(21)18-10-15(20)11-3-5-12(17)6-4-11/h3-6,13-15,20H,2,7-10H2,1H3,(H2,18,19,21). The Balaban J connectivity index is 1.70. The summed E-state index contributed by atoms with van der Waals surface area (Å²) in [7, 11) is 0. The van der Waals surface area contributed by atoms with Gasteiger partial charge in [0.25, 0.3) is 0 Å². The molecule has 1 aliphatic carbocycles. The molecule has 0 spiro atoms. The summed E-state index contributed by atoms with van der Waals surface area (Å²) < 4.78 is 12.8. The number of urea groups is 1. The van der Waals surface area contributed by atoms with Crippen LogP contribution in [0.2, 0.25) is 0 Å². The first-order valence-corrected chi connectivity index (χ1v) is 8.73. The average Bonchev–Trinajstić information content (AvgIpc) is 2.93. The molecule has 1 aromatic rings. The van der Waals surface area contributed by atoms with Crippen molar-refractivity contribution in [3.63, 3.8) is 0 Å². The molecule has 0 saturated heterocycles. The topological polar surface area (TPSA) is 61.4 Å². The zero-order valence-corrected chi connectivity index (χ0v) is 13.5. The molecule has 6 heteroatoms. The second-order valence-electron chi connectivity index (χ2n) is 5.51. The number of carbonyl (C=O) groups excluding carboxylic acids is 1. The van der Waals surface area contributed by atoms with Gasteiger partial charge in [-0.2, -0.15) is 11.8 Å². The first-order valence-electron chi connectivity index (χ1n) is 7.68. The smallest absolute Gasteiger partial charge is 0.315 e. The number of hydrogen-bond donors (Lipinski definition) is 3. The van der Waals surface area contributed by atoms with Crippen molar-refractivity contribution >= 4 is 17.8 Å². The maximum Gasteiger partial charge on any atom is 0.315 e. The van der Waals surface area contributed by atoms with Crippen LogP contribution in [0.25, 0.3) is 0 Å². The summed E-state index contributed by atoms with van der Waals surface area (Å²) in [6.45, 7) is 2.26. The number of carbonyl (C=O) groups is 1. The molecule has 1 saturated carbocycles. The van der Waals surface area contributed by atoms with E-state index in [1.165, 1.54) is 24.3 Å². The summed E-state index contributed by atoms with van der Waals surface area (Å²) in [5.41, 5.74) is 0.585. The highest BCUT2D eigenvalue weighted by atomic mass is 32.2. The van der Waals surface area contributed by atoms with E-state index < -0.39 is 6.10 Å². The highest BCUT2D eigenvalue weighted by molar-refractivity contribution is 7.99. The molecule has 0 bridgehead atoms. The Morgan fingerprint density at radius 2 is 2.14 bits per heavy atom. The summed E-state index contributed by atoms with van der Waals surface area (Å²) in [6, 6.07) is 5.58. The number of amides is 2. The molecule has 1 aromatic carbocycles. The van der Waals surface area contributed by atoms with Crippen molar-refractivity contribution in [1.29, 1.82) is 0 Å². The van der Waals surface area contributed by atoms with Gasteiger partial charge in [-0.3, -0.25) is 0 Å². The number of halogens is 1. The summed E-state index contributed by atoms with van der Waals surface area (Å²) in [4.78, 5) is 11.9. The molecule has 0 radical (unpaired) electrons. The summed E-state index contributed by atoms with van der Waals surface area (Å²) >= 11 is 1.94. The molecule has 1 fully saturated rings. The van der Waals surface area contributed by atoms with Crippen LogP contribution in [0, 0.1) is 5.82 Å². The van der Waals surface area contributed by atoms with E-state index in [4.69, 9.17) is 0 Å². The maximum absolute atomic E-state index is 12.8. The summed E-state index contributed by atoms with van der Waals surface area (Å²) in [5.74, 6) is 0.760. The zero-order valence-electron chi connectivity index (χ0n) is 12.7. The third kappa shape index (κ3) is 5.18. The van der Waals surface area contributed by atoms with Gasteiger partial charge in [0.2, 0.25) is 0 Å². The molecule has 3 atom stereocenters. The zero-order chi connectivity index (χ0) is 15.9. The molecule has 1 aliphatic rings. The molecule has 0 aliphatic heterocycles. The molecular formula is C16H23FN2O2S. The quantitative estimate of drug-likeness (QED) is 0.753. The van der Waals surface area contributed by atoms with E-state index in [1.807, 2.05) is 11.8 Å². The number of aliphatic hydroxyl groups excluding tert-OH is 1. The average molecular weight is 326 g/mol. The molecule has 0 aromatic heterocycles. The van der Waals surface area contributed by atoms with Crippen molar-refractivity contribution in [3.05, 3.63) is 35.6 Å². The van der Waals surface area contributed by atoms with E-state index in [-0.39, 0.29) is 24.4 Å². The normalized spacial score (nSPS) is 22.3. The SMILES string of the molecule is CCSC1CCC(NC(=O)NCC(O)c2ccc(F)cc2)C1. The number of rotatable bonds is 6. The maximum atomic E-state index is 12.8. The predicted octanol–water partition coefficient (Wildman–Crippen LogP) is 2.83. The van der Waals surface area contributed by atoms with Gasteiger partial charge in [0.15, 0.2) is 0 Å². The van der Waals surface area contributed by atoms with Crippen LogP contribution in [0.3, 0.4) is 0 Å². The molecule has 122 valence electrons. The fourth-order valence-corrected chi connectivity index (χ4v) is 3.83. The lowest BCUT2D eigenvalue weighted by molar-refractivity contribution is 0.172. The fourth-order valence-electron chi connectivity index (χ4n) is 2.69. The van der Waals surface area contributed by atoms with E-state index in [0.29, 0.717) is 10.8 Å². The Morgan fingerprint density at radius 3 is 2.82 bits per heavy atom. The molecule has 2 rings (SSSR count). The molecule has 2 amide bonds. The Labute approximate surface area is 134 Å². The van der Waals surface area contributed by atoms with Crippen LogP contribution in [0.5, 0.6) is 0 Å². The van der Waals surface area contributed by atoms with Gasteiger partial charge in [0.05, 0.1) is 6.10 Å². The first-order chi connectivity index (χ1) is 10.6. The highest BCUT2D eigenvalue weighted by Gasteiger charge is 2.25. The molecular weight excluding hydrogens is 303 g/mol. The minimum absolute atomic E-state index is 0.108. The molecule has 3 N–H and O–H groups in total. The minimum atomic E-state index is -0.835. The van der Waals surface area contributed by atoms with Crippen molar-refractivity contribution in [3.8, 4) is 0 Å². The minimum Gasteiger partial charge on any atom is -0.387 e. The summed E-state index contributed by atoms with van der Waals surface area (Å²) in [6.07, 6.45) is 2.32. The van der Waals surface area contributed by atoms with Gasteiger partial charge in [-0.25, -0.2) is 9.18 Å². The van der Waals surface area contributed by atoms with Crippen LogP contribution in [0.4, 0.5) is 9.18 Å². The Bertz CT molecular complexity index is 484. The third-order valence-electron chi connectivity index (χ3n) is 3.83. The van der Waals surface area contributed by atoms with Crippen LogP contribution in [0.15, 0.2) is 24.3 Å². The van der Waals surface area contributed by atoms with Crippen LogP contribution in [-0.2, 0) is 0 Å². The largest absolute Gasteiger partial charge is 0.387 e. The van der Waals surface area contributed by atoms with Gasteiger partial charge in [0.1, 0.15) is 5.82 Å². The molecule has 22 heavy (non-hydrogen) atoms. The van der Waals surface area contributed by atoms with E-state index in [2.05, 4.69) is 17.6 Å². The van der Waals surface area contributed by atoms with Crippen molar-refractivity contribution in [2.24, 2.45) is 0 Å². The number of nitrogens with one attached hydrogen (secondary N) is 2. The van der Waals surface area contributed by atoms with Gasteiger partial charge in [-0.05, 0) is 42.7 Å². The van der Waals surface area contributed by atoms with Gasteiger partial charge < -0.3 is 15.7 Å². The van der Waals surface area contributed by atoms with Gasteiger partial charge >= 0.3 is 6.03 Å². The highest BCUT2D eigenvalue weighted by Crippen LogP contribution is 2.29. The van der Waals surface area contributed by atoms with E-state index in [1.54, 1.807) is 0 Å². The Hall–Kier alpha value is -1.27. The molecule has 3 unspecified atom stereocenters. The van der Waals surface area contributed by atoms with Gasteiger partial charge in [-0.1, -0.05) is 19.1 Å². The van der Waals surface area contributed by atoms with Crippen LogP contribution in [0.1, 0.15) is 37.9 Å². The van der Waals surface area contributed by atoms with Crippen LogP contribution >= 0.6 is 11.8 Å². The van der Waals surface area contributed by atoms with Crippen molar-refractivity contribution in [2.75, 3.05) is 12.3 Å². The third-order valence-corrected chi connectivity index (χ3v) is 5.07. The summed E-state index contributed by atoms with van der Waals surface area (Å²) in [5, 5.41) is 16.2. The van der Waals surface area contributed by atoms with Gasteiger partial charge in [0, 0.05) is 17.8 Å². The number of benzene rings is 1. The Morgan fingerprint density at radius 1 is 1.41 bits per heavy atom. The van der Waals surface area contributed by atoms with E-state index in [9.17, 15) is 14.3 Å². The van der Waals surface area contributed by atoms with Crippen molar-refractivity contribution < 1.29 is 14.3 Å².